The van der Waals surface area contributed by atoms with E-state index >= 15 is 0 Å². The highest BCUT2D eigenvalue weighted by atomic mass is 16.4. The molecule has 0 atom stereocenters. The molecule has 0 aliphatic heterocycles. The van der Waals surface area contributed by atoms with Crippen molar-refractivity contribution in [2.45, 2.75) is 32.6 Å². The molecule has 1 aliphatic rings. The Balaban J connectivity index is 2.19. The van der Waals surface area contributed by atoms with Crippen LogP contribution in [0.2, 0.25) is 0 Å². The summed E-state index contributed by atoms with van der Waals surface area (Å²) in [5.41, 5.74) is 3.98. The topological polar surface area (TPSA) is 68.0 Å². The number of carboxylic acid groups (broad SMARTS) is 1. The van der Waals surface area contributed by atoms with Crippen molar-refractivity contribution in [3.05, 3.63) is 41.0 Å². The van der Waals surface area contributed by atoms with Crippen LogP contribution in [0.4, 0.5) is 0 Å². The summed E-state index contributed by atoms with van der Waals surface area (Å²) in [7, 11) is 0. The highest BCUT2D eigenvalue weighted by molar-refractivity contribution is 5.87. The molecule has 1 aliphatic carbocycles. The molecule has 0 bridgehead atoms. The predicted octanol–water partition coefficient (Wildman–Crippen LogP) is 2.15. The average molecular weight is 257 g/mol. The van der Waals surface area contributed by atoms with Crippen LogP contribution < -0.4 is 0 Å². The summed E-state index contributed by atoms with van der Waals surface area (Å²) in [4.78, 5) is 15.4. The molecule has 0 radical (unpaired) electrons. The molecule has 2 aromatic heterocycles. The minimum atomic E-state index is -0.947. The molecule has 5 heteroatoms. The minimum absolute atomic E-state index is 0.191. The molecule has 0 saturated heterocycles. The smallest absolute Gasteiger partial charge is 0.356 e. The summed E-state index contributed by atoms with van der Waals surface area (Å²) < 4.78 is 1.75. The lowest BCUT2D eigenvalue weighted by atomic mass is 9.95. The zero-order valence-electron chi connectivity index (χ0n) is 10.8. The highest BCUT2D eigenvalue weighted by Gasteiger charge is 2.25. The van der Waals surface area contributed by atoms with Crippen LogP contribution in [-0.4, -0.2) is 25.8 Å². The summed E-state index contributed by atoms with van der Waals surface area (Å²) in [5.74, 6) is -0.947. The lowest BCUT2D eigenvalue weighted by Gasteiger charge is -2.13. The fourth-order valence-electron chi connectivity index (χ4n) is 2.64. The average Bonchev–Trinajstić information content (AvgIpc) is 2.78. The number of aromatic nitrogens is 3. The van der Waals surface area contributed by atoms with Gasteiger partial charge in [-0.1, -0.05) is 0 Å². The van der Waals surface area contributed by atoms with Crippen LogP contribution in [0.15, 0.2) is 18.5 Å². The van der Waals surface area contributed by atoms with E-state index < -0.39 is 5.97 Å². The Kier molecular flexibility index (Phi) is 2.81. The van der Waals surface area contributed by atoms with Crippen LogP contribution in [0.1, 0.15) is 40.2 Å². The molecule has 0 amide bonds. The van der Waals surface area contributed by atoms with Crippen LogP contribution in [0.5, 0.6) is 0 Å². The fourth-order valence-corrected chi connectivity index (χ4v) is 2.64. The van der Waals surface area contributed by atoms with Gasteiger partial charge in [-0.15, -0.1) is 0 Å². The Labute approximate surface area is 110 Å². The van der Waals surface area contributed by atoms with Crippen molar-refractivity contribution in [1.29, 1.82) is 0 Å². The highest BCUT2D eigenvalue weighted by Crippen LogP contribution is 2.26. The monoisotopic (exact) mass is 257 g/mol. The van der Waals surface area contributed by atoms with Gasteiger partial charge in [0.05, 0.1) is 11.9 Å². The second-order valence-corrected chi connectivity index (χ2v) is 4.92. The van der Waals surface area contributed by atoms with Crippen LogP contribution in [0.25, 0.3) is 5.69 Å². The number of rotatable bonds is 2. The van der Waals surface area contributed by atoms with Crippen molar-refractivity contribution in [2.24, 2.45) is 0 Å². The normalized spacial score (nSPS) is 14.2. The summed E-state index contributed by atoms with van der Waals surface area (Å²) in [5, 5.41) is 13.5. The maximum Gasteiger partial charge on any atom is 0.356 e. The third-order valence-electron chi connectivity index (χ3n) is 3.49. The van der Waals surface area contributed by atoms with Crippen molar-refractivity contribution in [3.8, 4) is 5.69 Å². The number of nitrogens with zero attached hydrogens (tertiary/aromatic N) is 3. The van der Waals surface area contributed by atoms with E-state index in [-0.39, 0.29) is 5.69 Å². The van der Waals surface area contributed by atoms with E-state index in [2.05, 4.69) is 10.1 Å². The van der Waals surface area contributed by atoms with Gasteiger partial charge in [-0.05, 0) is 44.2 Å². The second-order valence-electron chi connectivity index (χ2n) is 4.92. The molecule has 0 fully saturated rings. The molecule has 3 rings (SSSR count). The maximum absolute atomic E-state index is 11.3. The predicted molar refractivity (Wildman–Crippen MR) is 69.7 cm³/mol. The van der Waals surface area contributed by atoms with Gasteiger partial charge in [0, 0.05) is 17.5 Å². The van der Waals surface area contributed by atoms with Crippen molar-refractivity contribution < 1.29 is 9.90 Å². The minimum Gasteiger partial charge on any atom is -0.476 e. The van der Waals surface area contributed by atoms with Crippen molar-refractivity contribution in [2.75, 3.05) is 0 Å². The van der Waals surface area contributed by atoms with Crippen molar-refractivity contribution >= 4 is 5.97 Å². The molecule has 19 heavy (non-hydrogen) atoms. The van der Waals surface area contributed by atoms with Crippen LogP contribution in [-0.2, 0) is 12.8 Å². The van der Waals surface area contributed by atoms with E-state index in [9.17, 15) is 9.90 Å². The Bertz CT molecular complexity index is 646. The van der Waals surface area contributed by atoms with E-state index in [1.807, 2.05) is 13.0 Å². The van der Waals surface area contributed by atoms with Gasteiger partial charge in [0.2, 0.25) is 0 Å². The number of hydrogen-bond donors (Lipinski definition) is 1. The molecular formula is C14H15N3O2. The van der Waals surface area contributed by atoms with Gasteiger partial charge in [-0.3, -0.25) is 4.98 Å². The molecule has 0 unspecified atom stereocenters. The largest absolute Gasteiger partial charge is 0.476 e. The Hall–Kier alpha value is -2.17. The number of aromatic carboxylic acids is 1. The lowest BCUT2D eigenvalue weighted by molar-refractivity contribution is 0.0688. The van der Waals surface area contributed by atoms with Gasteiger partial charge >= 0.3 is 5.97 Å². The number of carboxylic acids is 1. The first-order valence-corrected chi connectivity index (χ1v) is 6.43. The van der Waals surface area contributed by atoms with Gasteiger partial charge < -0.3 is 5.11 Å². The molecule has 5 nitrogen and oxygen atoms in total. The summed E-state index contributed by atoms with van der Waals surface area (Å²) >= 11 is 0. The van der Waals surface area contributed by atoms with E-state index in [0.29, 0.717) is 0 Å². The number of fused-ring (bicyclic) bond motifs is 1. The molecule has 2 heterocycles. The third-order valence-corrected chi connectivity index (χ3v) is 3.49. The standard InChI is InChI=1S/C14H15N3O2/c1-9-6-10(8-15-7-9)17-12-5-3-2-4-11(12)13(16-17)14(18)19/h6-8H,2-5H2,1H3,(H,18,19). The van der Waals surface area contributed by atoms with Gasteiger partial charge in [-0.25, -0.2) is 9.48 Å². The van der Waals surface area contributed by atoms with Gasteiger partial charge in [0.25, 0.3) is 0 Å². The first kappa shape index (κ1) is 11.9. The van der Waals surface area contributed by atoms with Crippen LogP contribution >= 0.6 is 0 Å². The first-order chi connectivity index (χ1) is 9.16. The number of aryl methyl sites for hydroxylation is 1. The maximum atomic E-state index is 11.3. The third kappa shape index (κ3) is 2.01. The summed E-state index contributed by atoms with van der Waals surface area (Å²) in [6, 6.07) is 1.97. The van der Waals surface area contributed by atoms with Crippen LogP contribution in [0.3, 0.4) is 0 Å². The van der Waals surface area contributed by atoms with Crippen molar-refractivity contribution in [1.82, 2.24) is 14.8 Å². The fraction of sp³-hybridized carbons (Fsp3) is 0.357. The van der Waals surface area contributed by atoms with Gasteiger partial charge in [0.1, 0.15) is 0 Å². The quantitative estimate of drug-likeness (QED) is 0.895. The van der Waals surface area contributed by atoms with E-state index in [1.54, 1.807) is 17.1 Å². The van der Waals surface area contributed by atoms with Gasteiger partial charge in [0.15, 0.2) is 5.69 Å². The zero-order chi connectivity index (χ0) is 13.4. The number of hydrogen-bond acceptors (Lipinski definition) is 3. The molecule has 0 saturated carbocycles. The number of carbonyl (C=O) groups is 1. The Morgan fingerprint density at radius 3 is 2.84 bits per heavy atom. The molecule has 1 N–H and O–H groups in total. The van der Waals surface area contributed by atoms with E-state index in [1.165, 1.54) is 0 Å². The SMILES string of the molecule is Cc1cncc(-n2nc(C(=O)O)c3c2CCCC3)c1. The molecule has 98 valence electrons. The molecule has 2 aromatic rings. The Morgan fingerprint density at radius 1 is 1.32 bits per heavy atom. The lowest BCUT2D eigenvalue weighted by Crippen LogP contribution is -2.08. The molecule has 0 spiro atoms. The molecular weight excluding hydrogens is 242 g/mol. The second kappa shape index (κ2) is 4.50. The van der Waals surface area contributed by atoms with Crippen molar-refractivity contribution in [3.63, 3.8) is 0 Å². The first-order valence-electron chi connectivity index (χ1n) is 6.43. The van der Waals surface area contributed by atoms with Crippen LogP contribution in [0, 0.1) is 6.92 Å². The van der Waals surface area contributed by atoms with E-state index in [4.69, 9.17) is 0 Å². The Morgan fingerprint density at radius 2 is 2.11 bits per heavy atom. The molecule has 0 aromatic carbocycles. The number of pyridine rings is 1. The summed E-state index contributed by atoms with van der Waals surface area (Å²) in [6.45, 7) is 1.96. The van der Waals surface area contributed by atoms with E-state index in [0.717, 1.165) is 48.2 Å². The summed E-state index contributed by atoms with van der Waals surface area (Å²) in [6.07, 6.45) is 7.29. The van der Waals surface area contributed by atoms with Gasteiger partial charge in [-0.2, -0.15) is 5.10 Å². The zero-order valence-corrected chi connectivity index (χ0v) is 10.8.